The molecule has 0 saturated heterocycles. The quantitative estimate of drug-likeness (QED) is 0.0676. The summed E-state index contributed by atoms with van der Waals surface area (Å²) in [5.74, 6) is -2.03. The molecule has 1 unspecified atom stereocenters. The Bertz CT molecular complexity index is 3260. The Kier molecular flexibility index (Phi) is 10.9. The minimum atomic E-state index is -5.17. The van der Waals surface area contributed by atoms with Crippen LogP contribution in [0, 0.1) is 13.0 Å². The molecule has 21 nitrogen and oxygen atoms in total. The highest BCUT2D eigenvalue weighted by Gasteiger charge is 2.48. The second-order valence-electron chi connectivity index (χ2n) is 12.3. The minimum absolute atomic E-state index is 0.0511. The second kappa shape index (κ2) is 15.2. The summed E-state index contributed by atoms with van der Waals surface area (Å²) in [4.78, 5) is 7.22. The molecule has 0 aliphatic heterocycles. The van der Waals surface area contributed by atoms with Gasteiger partial charge in [-0.2, -0.15) is 43.9 Å². The van der Waals surface area contributed by atoms with E-state index in [1.807, 2.05) is 0 Å². The highest BCUT2D eigenvalue weighted by molar-refractivity contribution is 7.88. The number of ether oxygens (including phenoxy) is 1. The van der Waals surface area contributed by atoms with Crippen LogP contribution in [0.4, 0.5) is 28.4 Å². The Labute approximate surface area is 333 Å². The number of carbonyl (C=O) groups excluding carboxylic acids is 1. The van der Waals surface area contributed by atoms with Crippen LogP contribution in [0.3, 0.4) is 0 Å². The maximum absolute atomic E-state index is 12.5. The summed E-state index contributed by atoms with van der Waals surface area (Å²) in [6, 6.07) is 12.6. The van der Waals surface area contributed by atoms with Crippen molar-refractivity contribution in [2.75, 3.05) is 7.11 Å². The standard InChI is InChI=1S/C34H25N6O15S4/c1-18-14-26(27(55-2)17-25(18)37-36-24-12-11-22-23(33(24)58(49,50)51)6-5-7-28(22)56(43,44)45)38-39-31-29(57(46,47)48)16-19-15-20(9-10-21(19)32(31)42)35-40-34(59(52,53)54)13-4-3-8-30(34)41/h4-17,42H,1-2H3,(H,43,44,45)(H,46,47,48)(H,49,50,51)(H,52,53,54). The highest BCUT2D eigenvalue weighted by atomic mass is 32.2. The number of ketones is 1. The van der Waals surface area contributed by atoms with Crippen LogP contribution in [0.1, 0.15) is 5.56 Å². The van der Waals surface area contributed by atoms with Gasteiger partial charge in [-0.05, 0) is 78.6 Å². The number of allylic oxidation sites excluding steroid dienone is 2. The molecule has 1 aliphatic carbocycles. The maximum atomic E-state index is 12.5. The minimum Gasteiger partial charge on any atom is -0.505 e. The lowest BCUT2D eigenvalue weighted by molar-refractivity contribution is -0.116. The van der Waals surface area contributed by atoms with E-state index >= 15 is 0 Å². The van der Waals surface area contributed by atoms with Crippen LogP contribution in [0.2, 0.25) is 0 Å². The van der Waals surface area contributed by atoms with Gasteiger partial charge in [-0.3, -0.25) is 23.0 Å². The molecule has 5 aromatic rings. The maximum Gasteiger partial charge on any atom is 0.304 e. The van der Waals surface area contributed by atoms with Crippen molar-refractivity contribution in [3.63, 3.8) is 0 Å². The first-order valence-corrected chi connectivity index (χ1v) is 21.7. The Hall–Kier alpha value is -6.19. The van der Waals surface area contributed by atoms with Crippen molar-refractivity contribution in [3.8, 4) is 11.5 Å². The van der Waals surface area contributed by atoms with Gasteiger partial charge in [0, 0.05) is 22.2 Å². The van der Waals surface area contributed by atoms with E-state index < -0.39 is 82.9 Å². The van der Waals surface area contributed by atoms with Crippen molar-refractivity contribution in [1.29, 1.82) is 0 Å². The Balaban J connectivity index is 1.38. The molecule has 0 bridgehead atoms. The van der Waals surface area contributed by atoms with Crippen LogP contribution in [-0.4, -0.2) is 74.8 Å². The Morgan fingerprint density at radius 3 is 1.97 bits per heavy atom. The number of aromatic hydroxyl groups is 1. The number of phenolic OH excluding ortho intramolecular Hbond substituents is 1. The molecule has 5 N–H and O–H groups in total. The molecule has 0 heterocycles. The van der Waals surface area contributed by atoms with Gasteiger partial charge in [-0.15, -0.1) is 20.5 Å². The van der Waals surface area contributed by atoms with Crippen molar-refractivity contribution in [1.82, 2.24) is 0 Å². The SMILES string of the molecule is COc1cc(N=Nc2ccc3c(S(=O)(=O)O)cccc3c2S(=O)(=O)O)c(C)cc1N=Nc1c(S(=O)(=O)O)cc2cc(N=NC3(S(=O)(=O)O)C=C[C]=CC3=O)ccc2c1O. The third-order valence-corrected chi connectivity index (χ3v) is 12.4. The average Bonchev–Trinajstić information content (AvgIpc) is 3.14. The van der Waals surface area contributed by atoms with E-state index in [0.717, 1.165) is 54.6 Å². The van der Waals surface area contributed by atoms with Gasteiger partial charge in [-0.25, -0.2) is 0 Å². The second-order valence-corrected chi connectivity index (χ2v) is 18.0. The fourth-order valence-corrected chi connectivity index (χ4v) is 8.62. The van der Waals surface area contributed by atoms with Gasteiger partial charge in [0.2, 0.25) is 5.78 Å². The zero-order valence-electron chi connectivity index (χ0n) is 29.7. The predicted molar refractivity (Wildman–Crippen MR) is 206 cm³/mol. The number of azo groups is 3. The summed E-state index contributed by atoms with van der Waals surface area (Å²) in [5.41, 5.74) is -1.04. The van der Waals surface area contributed by atoms with E-state index in [4.69, 9.17) is 4.74 Å². The third-order valence-electron chi connectivity index (χ3n) is 8.50. The van der Waals surface area contributed by atoms with Crippen molar-refractivity contribution < 1.29 is 66.5 Å². The summed E-state index contributed by atoms with van der Waals surface area (Å²) in [5, 5.41) is 33.6. The monoisotopic (exact) mass is 885 g/mol. The molecule has 1 aliphatic rings. The molecule has 0 spiro atoms. The van der Waals surface area contributed by atoms with Crippen molar-refractivity contribution in [2.24, 2.45) is 30.7 Å². The fourth-order valence-electron chi connectivity index (χ4n) is 5.73. The first-order valence-electron chi connectivity index (χ1n) is 16.0. The highest BCUT2D eigenvalue weighted by Crippen LogP contribution is 2.44. The van der Waals surface area contributed by atoms with Crippen molar-refractivity contribution in [3.05, 3.63) is 96.6 Å². The number of rotatable bonds is 11. The molecular formula is C34H25N6O15S4. The van der Waals surface area contributed by atoms with E-state index in [0.29, 0.717) is 5.56 Å². The first kappa shape index (κ1) is 42.4. The van der Waals surface area contributed by atoms with Crippen molar-refractivity contribution in [2.45, 2.75) is 26.5 Å². The van der Waals surface area contributed by atoms with Crippen LogP contribution in [0.5, 0.6) is 11.5 Å². The smallest absolute Gasteiger partial charge is 0.304 e. The first-order chi connectivity index (χ1) is 27.5. The summed E-state index contributed by atoms with van der Waals surface area (Å²) in [6.45, 7) is 1.51. The molecule has 0 amide bonds. The van der Waals surface area contributed by atoms with Crippen LogP contribution in [0.25, 0.3) is 21.5 Å². The molecule has 25 heteroatoms. The normalized spacial score (nSPS) is 16.7. The topological polar surface area (TPSA) is 338 Å². The number of nitrogens with zero attached hydrogens (tertiary/aromatic N) is 6. The van der Waals surface area contributed by atoms with E-state index in [2.05, 4.69) is 36.8 Å². The average molecular weight is 886 g/mol. The van der Waals surface area contributed by atoms with Gasteiger partial charge < -0.3 is 9.84 Å². The van der Waals surface area contributed by atoms with Crippen LogP contribution in [0.15, 0.2) is 130 Å². The number of aryl methyl sites for hydroxylation is 1. The van der Waals surface area contributed by atoms with Gasteiger partial charge in [0.05, 0.1) is 18.5 Å². The lowest BCUT2D eigenvalue weighted by Gasteiger charge is -2.19. The molecule has 305 valence electrons. The zero-order chi connectivity index (χ0) is 43.3. The summed E-state index contributed by atoms with van der Waals surface area (Å²) < 4.78 is 143. The molecule has 59 heavy (non-hydrogen) atoms. The molecule has 0 saturated carbocycles. The molecule has 1 atom stereocenters. The molecule has 1 radical (unpaired) electrons. The lowest BCUT2D eigenvalue weighted by Crippen LogP contribution is -2.42. The molecular weight excluding hydrogens is 861 g/mol. The number of carbonyl (C=O) groups is 1. The van der Waals surface area contributed by atoms with Gasteiger partial charge in [0.25, 0.3) is 35.2 Å². The van der Waals surface area contributed by atoms with Gasteiger partial charge in [0.15, 0.2) is 5.75 Å². The van der Waals surface area contributed by atoms with Gasteiger partial charge >= 0.3 is 10.1 Å². The van der Waals surface area contributed by atoms with Gasteiger partial charge in [-0.1, -0.05) is 24.3 Å². The molecule has 0 aromatic heterocycles. The molecule has 6 rings (SSSR count). The number of benzene rings is 5. The largest absolute Gasteiger partial charge is 0.505 e. The zero-order valence-corrected chi connectivity index (χ0v) is 33.0. The Morgan fingerprint density at radius 1 is 0.678 bits per heavy atom. The van der Waals surface area contributed by atoms with Gasteiger partial charge in [0.1, 0.15) is 37.5 Å². The number of hydrogen-bond acceptors (Lipinski definition) is 17. The Morgan fingerprint density at radius 2 is 1.34 bits per heavy atom. The lowest BCUT2D eigenvalue weighted by atomic mass is 10.1. The predicted octanol–water partition coefficient (Wildman–Crippen LogP) is 6.75. The third kappa shape index (κ3) is 8.25. The molecule has 0 fully saturated rings. The van der Waals surface area contributed by atoms with E-state index in [1.165, 1.54) is 44.4 Å². The summed E-state index contributed by atoms with van der Waals surface area (Å²) in [7, 11) is -18.9. The van der Waals surface area contributed by atoms with E-state index in [9.17, 15) is 61.8 Å². The van der Waals surface area contributed by atoms with E-state index in [1.54, 1.807) is 0 Å². The number of phenols is 1. The number of fused-ring (bicyclic) bond motifs is 2. The number of methoxy groups -OCH3 is 1. The fraction of sp³-hybridized carbons (Fsp3) is 0.0882. The van der Waals surface area contributed by atoms with Crippen molar-refractivity contribution >= 4 is 96.2 Å². The molecule has 5 aromatic carbocycles. The number of hydrogen-bond donors (Lipinski definition) is 5. The van der Waals surface area contributed by atoms with E-state index in [-0.39, 0.29) is 44.4 Å². The summed E-state index contributed by atoms with van der Waals surface area (Å²) in [6.07, 6.45) is 4.89. The van der Waals surface area contributed by atoms with Crippen LogP contribution >= 0.6 is 0 Å². The van der Waals surface area contributed by atoms with Crippen LogP contribution in [-0.2, 0) is 45.3 Å². The summed E-state index contributed by atoms with van der Waals surface area (Å²) >= 11 is 0. The van der Waals surface area contributed by atoms with Crippen LogP contribution < -0.4 is 4.74 Å².